The van der Waals surface area contributed by atoms with E-state index in [1.54, 1.807) is 0 Å². The zero-order chi connectivity index (χ0) is 47.3. The Labute approximate surface area is 410 Å². The summed E-state index contributed by atoms with van der Waals surface area (Å²) >= 11 is 0. The molecule has 8 bridgehead atoms. The van der Waals surface area contributed by atoms with E-state index in [-0.39, 0.29) is 77.3 Å². The van der Waals surface area contributed by atoms with Crippen molar-refractivity contribution in [2.45, 2.75) is 152 Å². The summed E-state index contributed by atoms with van der Waals surface area (Å²) in [5, 5.41) is 11.4. The average Bonchev–Trinajstić information content (AvgIpc) is 4.00. The summed E-state index contributed by atoms with van der Waals surface area (Å²) in [6, 6.07) is -0.474. The monoisotopic (exact) mass is 911 g/mol. The van der Waals surface area contributed by atoms with Crippen LogP contribution >= 0.6 is 0 Å². The van der Waals surface area contributed by atoms with E-state index in [9.17, 15) is 19.2 Å². The third-order valence-electron chi connectivity index (χ3n) is 14.8. The summed E-state index contributed by atoms with van der Waals surface area (Å²) in [7, 11) is 1.28. The first-order valence-corrected chi connectivity index (χ1v) is 24.5. The first kappa shape index (κ1) is 52.9. The van der Waals surface area contributed by atoms with Crippen molar-refractivity contribution in [3.05, 3.63) is 83.7 Å². The van der Waals surface area contributed by atoms with Gasteiger partial charge in [0.15, 0.2) is 11.6 Å². The molecule has 5 heterocycles. The first-order valence-electron chi connectivity index (χ1n) is 24.5. The van der Waals surface area contributed by atoms with E-state index in [1.165, 1.54) is 64.6 Å². The molecule has 354 valence electrons. The molecular weight excluding hydrogens is 837 g/mol. The van der Waals surface area contributed by atoms with Gasteiger partial charge in [-0.1, -0.05) is 141 Å². The van der Waals surface area contributed by atoms with Gasteiger partial charge in [-0.25, -0.2) is 0 Å². The van der Waals surface area contributed by atoms with Crippen LogP contribution in [0.3, 0.4) is 0 Å². The van der Waals surface area contributed by atoms with Crippen LogP contribution in [0.2, 0.25) is 0 Å². The number of Topliss-reactive ketones (excluding diaryl/α,β-unsaturated/α-hetero) is 2. The number of carbonyl (C=O) groups is 4. The van der Waals surface area contributed by atoms with Gasteiger partial charge < -0.3 is 30.1 Å². The van der Waals surface area contributed by atoms with Crippen LogP contribution in [0.4, 0.5) is 0 Å². The number of rotatable bonds is 20. The number of fused-ring (bicyclic) bond motifs is 7. The molecule has 66 heavy (non-hydrogen) atoms. The summed E-state index contributed by atoms with van der Waals surface area (Å²) in [4.78, 5) is 64.6. The summed E-state index contributed by atoms with van der Waals surface area (Å²) in [5.74, 6) is -0.881. The van der Waals surface area contributed by atoms with E-state index in [2.05, 4.69) is 62.0 Å². The molecule has 0 radical (unpaired) electrons. The van der Waals surface area contributed by atoms with E-state index in [4.69, 9.17) is 30.1 Å². The molecule has 1 unspecified atom stereocenters. The standard InChI is InChI=1S/C55H76N4O6.Mg/c1-13-39-34(7)41-29-46-48(38(11)60)36(9)43(57-46)27-42-35(8)40(52(58-42)50-51(55(63)64-12)54(62)49-37(10)44(59-53(49)50)28-45(39)56-41)23-24-47(61)65-26-25-33(6)22-16-21-32(5)20-15-19-31(4)18-14-17-30(2)3;/h25,27-32,34-35,39-40,42,51H,9,13-24,26H2,1-8,10-12H3,(H2-2,56,57,58,59,60,62);/q-2;+2/p-2/b33-25+,43-27-,45-28-;/t31-,32-,34-,35+,39-,40+,42?,51-;/m1./s1. The molecule has 0 aromatic carbocycles. The third kappa shape index (κ3) is 11.8. The van der Waals surface area contributed by atoms with E-state index in [0.717, 1.165) is 42.5 Å². The van der Waals surface area contributed by atoms with Crippen LogP contribution in [0.25, 0.3) is 41.0 Å². The summed E-state index contributed by atoms with van der Waals surface area (Å²) in [6.45, 7) is 25.7. The number of esters is 2. The maximum Gasteiger partial charge on any atom is 2.00 e. The Morgan fingerprint density at radius 2 is 1.53 bits per heavy atom. The minimum atomic E-state index is -1.24. The van der Waals surface area contributed by atoms with Gasteiger partial charge in [-0.15, -0.1) is 28.5 Å². The molecule has 0 spiro atoms. The molecule has 2 fully saturated rings. The molecule has 2 saturated heterocycles. The summed E-state index contributed by atoms with van der Waals surface area (Å²) < 4.78 is 11.0. The first-order chi connectivity index (χ1) is 30.9. The number of carbonyl (C=O) groups excluding carboxylic acids is 4. The van der Waals surface area contributed by atoms with Crippen LogP contribution in [-0.2, 0) is 19.1 Å². The number of methoxy groups -OCH3 is 1. The number of ether oxygens (including phenoxy) is 2. The average molecular weight is 912 g/mol. The molecule has 2 aromatic heterocycles. The van der Waals surface area contributed by atoms with E-state index in [1.807, 2.05) is 31.2 Å². The minimum Gasteiger partial charge on any atom is -0.681 e. The Kier molecular flexibility index (Phi) is 18.6. The molecule has 1 aliphatic carbocycles. The minimum absolute atomic E-state index is 0. The van der Waals surface area contributed by atoms with Crippen LogP contribution in [-0.4, -0.2) is 66.3 Å². The summed E-state index contributed by atoms with van der Waals surface area (Å²) in [5.41, 5.74) is 6.91. The maximum absolute atomic E-state index is 14.4. The van der Waals surface area contributed by atoms with Crippen LogP contribution < -0.4 is 20.5 Å². The second-order valence-electron chi connectivity index (χ2n) is 20.2. The van der Waals surface area contributed by atoms with Gasteiger partial charge in [0.2, 0.25) is 0 Å². The Hall–Kier alpha value is -4.09. The van der Waals surface area contributed by atoms with Gasteiger partial charge in [0, 0.05) is 17.5 Å². The van der Waals surface area contributed by atoms with E-state index in [0.29, 0.717) is 67.9 Å². The van der Waals surface area contributed by atoms with Crippen LogP contribution in [0.5, 0.6) is 0 Å². The van der Waals surface area contributed by atoms with Crippen LogP contribution in [0, 0.1) is 54.3 Å². The molecule has 0 saturated carbocycles. The smallest absolute Gasteiger partial charge is 0.681 e. The van der Waals surface area contributed by atoms with Crippen molar-refractivity contribution in [3.8, 4) is 0 Å². The van der Waals surface area contributed by atoms with Crippen molar-refractivity contribution in [2.24, 2.45) is 47.3 Å². The zero-order valence-electron chi connectivity index (χ0n) is 41.9. The number of hydrogen-bond acceptors (Lipinski definition) is 6. The number of aromatic nitrogens is 2. The third-order valence-corrected chi connectivity index (χ3v) is 14.8. The van der Waals surface area contributed by atoms with Crippen molar-refractivity contribution in [2.75, 3.05) is 13.7 Å². The van der Waals surface area contributed by atoms with Gasteiger partial charge in [-0.05, 0) is 92.8 Å². The predicted octanol–water partition coefficient (Wildman–Crippen LogP) is 10.8. The van der Waals surface area contributed by atoms with Gasteiger partial charge in [0.25, 0.3) is 0 Å². The maximum atomic E-state index is 14.4. The van der Waals surface area contributed by atoms with Crippen molar-refractivity contribution in [1.82, 2.24) is 9.97 Å². The molecule has 4 aliphatic rings. The van der Waals surface area contributed by atoms with Crippen molar-refractivity contribution in [1.29, 1.82) is 0 Å². The van der Waals surface area contributed by atoms with Gasteiger partial charge in [0.1, 0.15) is 12.5 Å². The Balaban J connectivity index is 0.00000817. The van der Waals surface area contributed by atoms with E-state index < -0.39 is 17.9 Å². The number of nitrogens with zero attached hydrogens (tertiary/aromatic N) is 4. The van der Waals surface area contributed by atoms with Gasteiger partial charge in [-0.2, -0.15) is 17.1 Å². The Bertz CT molecular complexity index is 2360. The number of ketones is 2. The molecule has 6 rings (SSSR count). The fourth-order valence-electron chi connectivity index (χ4n) is 10.7. The van der Waals surface area contributed by atoms with Crippen molar-refractivity contribution < 1.29 is 28.7 Å². The van der Waals surface area contributed by atoms with Crippen LogP contribution in [0.1, 0.15) is 183 Å². The largest absolute Gasteiger partial charge is 2.00 e. The Morgan fingerprint density at radius 1 is 0.879 bits per heavy atom. The fraction of sp³-hybridized carbons (Fsp3) is 0.600. The predicted molar refractivity (Wildman–Crippen MR) is 267 cm³/mol. The summed E-state index contributed by atoms with van der Waals surface area (Å²) in [6.07, 6.45) is 20.3. The molecule has 2 aromatic rings. The zero-order valence-corrected chi connectivity index (χ0v) is 43.3. The van der Waals surface area contributed by atoms with Gasteiger partial charge in [0.05, 0.1) is 7.11 Å². The van der Waals surface area contributed by atoms with Crippen molar-refractivity contribution >= 4 is 76.9 Å². The second kappa shape index (κ2) is 23.3. The van der Waals surface area contributed by atoms with Gasteiger partial charge >= 0.3 is 35.0 Å². The second-order valence-corrected chi connectivity index (χ2v) is 20.2. The molecule has 11 heteroatoms. The quantitative estimate of drug-likeness (QED) is 0.0420. The SMILES string of the molecule is C=c1c(C(C)=O)c2[n-]/c1=C\C1[N-]/C(=C3\c4[n-]c(c(C)c4C(=O)[C@@H]3C(=O)OC)/C=C3\[N-]/C(=C\2)[C@H](C)[C@H]3CC)[C@@H](CCC(=O)OC/C=C(\C)CCC[C@H](C)CCC[C@H](C)CCCC(C)C)[C@@H]1C.[Mg+2]. The number of hydrogen-bond donors (Lipinski definition) is 0. The van der Waals surface area contributed by atoms with E-state index >= 15 is 0 Å². The number of allylic oxidation sites excluding steroid dienone is 4. The van der Waals surface area contributed by atoms with Crippen molar-refractivity contribution in [3.63, 3.8) is 0 Å². The molecule has 3 aliphatic heterocycles. The Morgan fingerprint density at radius 3 is 2.17 bits per heavy atom. The van der Waals surface area contributed by atoms with Gasteiger partial charge in [-0.3, -0.25) is 19.2 Å². The normalized spacial score (nSPS) is 26.3. The molecule has 8 atom stereocenters. The molecular formula is C55H74MgN4O6-2. The molecule has 10 nitrogen and oxygen atoms in total. The fourth-order valence-corrected chi connectivity index (χ4v) is 10.7. The molecule has 0 N–H and O–H groups in total. The van der Waals surface area contributed by atoms with Crippen LogP contribution in [0.15, 0.2) is 28.7 Å². The topological polar surface area (TPSA) is 143 Å². The molecule has 0 amide bonds.